The molecule has 2 rings (SSSR count). The Morgan fingerprint density at radius 1 is 0.909 bits per heavy atom. The number of carbonyl (C=O) groups excluding carboxylic acids is 4. The average molecular weight is 610 g/mol. The van der Waals surface area contributed by atoms with Crippen molar-refractivity contribution in [1.82, 2.24) is 15.5 Å². The third-order valence-electron chi connectivity index (χ3n) is 6.86. The average Bonchev–Trinajstić information content (AvgIpc) is 2.93. The first kappa shape index (κ1) is 36.3. The normalized spacial score (nSPS) is 12.5. The Balaban J connectivity index is 2.55. The molecular weight excluding hydrogens is 558 g/mol. The molecule has 0 saturated carbocycles. The number of nitrogens with one attached hydrogen (secondary N) is 2. The van der Waals surface area contributed by atoms with Crippen molar-refractivity contribution in [3.63, 3.8) is 0 Å². The molecule has 2 aromatic rings. The largest absolute Gasteiger partial charge is 0.466 e. The number of carbonyl (C=O) groups is 4. The molecule has 0 spiro atoms. The molecule has 2 unspecified atom stereocenters. The van der Waals surface area contributed by atoms with Crippen molar-refractivity contribution in [1.29, 1.82) is 0 Å². The zero-order valence-electron chi connectivity index (χ0n) is 27.5. The summed E-state index contributed by atoms with van der Waals surface area (Å²) in [5.41, 5.74) is 2.67. The molecular formula is C35H51N3O6. The van der Waals surface area contributed by atoms with Crippen LogP contribution in [-0.2, 0) is 30.3 Å². The van der Waals surface area contributed by atoms with Crippen LogP contribution in [0.5, 0.6) is 0 Å². The van der Waals surface area contributed by atoms with Gasteiger partial charge in [-0.25, -0.2) is 4.79 Å². The molecule has 242 valence electrons. The van der Waals surface area contributed by atoms with Gasteiger partial charge in [-0.1, -0.05) is 85.8 Å². The van der Waals surface area contributed by atoms with Crippen molar-refractivity contribution >= 4 is 23.9 Å². The SMILES string of the molecule is CCCCCCN(C(=O)C(Cc1ccccc1)NC(=O)OC(C)(C)C)C(C(=O)NCCC(=O)OCC)c1cc(C)cc(C)c1. The Labute approximate surface area is 263 Å². The second-order valence-electron chi connectivity index (χ2n) is 12.2. The van der Waals surface area contributed by atoms with E-state index in [0.717, 1.165) is 36.0 Å². The van der Waals surface area contributed by atoms with Crippen LogP contribution < -0.4 is 10.6 Å². The number of hydrogen-bond acceptors (Lipinski definition) is 6. The molecule has 44 heavy (non-hydrogen) atoms. The Hall–Kier alpha value is -3.88. The summed E-state index contributed by atoms with van der Waals surface area (Å²) < 4.78 is 10.5. The van der Waals surface area contributed by atoms with Gasteiger partial charge in [-0.2, -0.15) is 0 Å². The molecule has 2 N–H and O–H groups in total. The molecule has 0 radical (unpaired) electrons. The highest BCUT2D eigenvalue weighted by atomic mass is 16.6. The van der Waals surface area contributed by atoms with Gasteiger partial charge in [0.15, 0.2) is 0 Å². The molecule has 0 aliphatic carbocycles. The standard InChI is InChI=1S/C35H51N3O6/c1-8-10-11-15-20-38(33(41)29(24-27-16-13-12-14-17-27)37-34(42)44-35(5,6)7)31(28-22-25(3)21-26(4)23-28)32(40)36-19-18-30(39)43-9-2/h12-14,16-17,21-23,29,31H,8-11,15,18-20,24H2,1-7H3,(H,36,40)(H,37,42). The summed E-state index contributed by atoms with van der Waals surface area (Å²) in [5.74, 6) is -1.20. The molecule has 0 heterocycles. The van der Waals surface area contributed by atoms with Crippen LogP contribution in [0.1, 0.15) is 95.0 Å². The van der Waals surface area contributed by atoms with E-state index in [1.807, 2.05) is 62.4 Å². The van der Waals surface area contributed by atoms with E-state index in [2.05, 4.69) is 17.6 Å². The maximum Gasteiger partial charge on any atom is 0.408 e. The number of benzene rings is 2. The minimum atomic E-state index is -0.987. The number of nitrogens with zero attached hydrogens (tertiary/aromatic N) is 1. The minimum absolute atomic E-state index is 0.0143. The lowest BCUT2D eigenvalue weighted by atomic mass is 9.97. The van der Waals surface area contributed by atoms with E-state index < -0.39 is 35.7 Å². The van der Waals surface area contributed by atoms with Crippen LogP contribution in [0.4, 0.5) is 4.79 Å². The summed E-state index contributed by atoms with van der Waals surface area (Å²) in [6.07, 6.45) is 3.09. The number of rotatable bonds is 16. The van der Waals surface area contributed by atoms with Gasteiger partial charge >= 0.3 is 12.1 Å². The third-order valence-corrected chi connectivity index (χ3v) is 6.86. The van der Waals surface area contributed by atoms with E-state index in [4.69, 9.17) is 9.47 Å². The summed E-state index contributed by atoms with van der Waals surface area (Å²) in [7, 11) is 0. The van der Waals surface area contributed by atoms with Gasteiger partial charge < -0.3 is 25.0 Å². The number of unbranched alkanes of at least 4 members (excludes halogenated alkanes) is 3. The zero-order valence-corrected chi connectivity index (χ0v) is 27.5. The first-order valence-electron chi connectivity index (χ1n) is 15.7. The Kier molecular flexibility index (Phi) is 14.9. The summed E-state index contributed by atoms with van der Waals surface area (Å²) in [5, 5.41) is 5.66. The van der Waals surface area contributed by atoms with E-state index in [1.165, 1.54) is 0 Å². The monoisotopic (exact) mass is 609 g/mol. The van der Waals surface area contributed by atoms with Crippen molar-refractivity contribution in [3.05, 3.63) is 70.8 Å². The van der Waals surface area contributed by atoms with Crippen LogP contribution in [-0.4, -0.2) is 60.1 Å². The number of aryl methyl sites for hydroxylation is 2. The van der Waals surface area contributed by atoms with Gasteiger partial charge in [0, 0.05) is 19.5 Å². The highest BCUT2D eigenvalue weighted by Crippen LogP contribution is 2.26. The Morgan fingerprint density at radius 2 is 1.57 bits per heavy atom. The Morgan fingerprint density at radius 3 is 2.16 bits per heavy atom. The van der Waals surface area contributed by atoms with Crippen LogP contribution >= 0.6 is 0 Å². The molecule has 0 aromatic heterocycles. The summed E-state index contributed by atoms with van der Waals surface area (Å²) >= 11 is 0. The van der Waals surface area contributed by atoms with Gasteiger partial charge in [-0.15, -0.1) is 0 Å². The maximum atomic E-state index is 14.6. The van der Waals surface area contributed by atoms with Gasteiger partial charge in [0.1, 0.15) is 17.7 Å². The molecule has 0 saturated heterocycles. The number of alkyl carbamates (subject to hydrolysis) is 1. The van der Waals surface area contributed by atoms with Crippen LogP contribution in [0, 0.1) is 13.8 Å². The maximum absolute atomic E-state index is 14.6. The van der Waals surface area contributed by atoms with Gasteiger partial charge in [-0.3, -0.25) is 14.4 Å². The van der Waals surface area contributed by atoms with E-state index in [-0.39, 0.29) is 31.9 Å². The third kappa shape index (κ3) is 12.8. The van der Waals surface area contributed by atoms with Crippen molar-refractivity contribution in [2.45, 2.75) is 105 Å². The molecule has 0 aliphatic rings. The van der Waals surface area contributed by atoms with E-state index in [9.17, 15) is 19.2 Å². The van der Waals surface area contributed by atoms with Crippen molar-refractivity contribution in [3.8, 4) is 0 Å². The quantitative estimate of drug-likeness (QED) is 0.179. The van der Waals surface area contributed by atoms with Crippen LogP contribution in [0.2, 0.25) is 0 Å². The predicted octanol–water partition coefficient (Wildman–Crippen LogP) is 5.96. The lowest BCUT2D eigenvalue weighted by Gasteiger charge is -2.35. The number of amides is 3. The molecule has 3 amide bonds. The molecule has 0 aliphatic heterocycles. The van der Waals surface area contributed by atoms with Crippen LogP contribution in [0.25, 0.3) is 0 Å². The topological polar surface area (TPSA) is 114 Å². The van der Waals surface area contributed by atoms with E-state index >= 15 is 0 Å². The smallest absolute Gasteiger partial charge is 0.408 e. The van der Waals surface area contributed by atoms with Crippen LogP contribution in [0.3, 0.4) is 0 Å². The molecule has 0 fully saturated rings. The lowest BCUT2D eigenvalue weighted by Crippen LogP contribution is -2.54. The first-order valence-corrected chi connectivity index (χ1v) is 15.7. The first-order chi connectivity index (χ1) is 20.8. The predicted molar refractivity (Wildman–Crippen MR) is 172 cm³/mol. The van der Waals surface area contributed by atoms with E-state index in [0.29, 0.717) is 18.5 Å². The number of hydrogen-bond donors (Lipinski definition) is 2. The van der Waals surface area contributed by atoms with E-state index in [1.54, 1.807) is 32.6 Å². The molecule has 9 nitrogen and oxygen atoms in total. The Bertz CT molecular complexity index is 1200. The zero-order chi connectivity index (χ0) is 32.7. The summed E-state index contributed by atoms with van der Waals surface area (Å²) in [6.45, 7) is 13.6. The van der Waals surface area contributed by atoms with Gasteiger partial charge in [0.25, 0.3) is 0 Å². The highest BCUT2D eigenvalue weighted by molar-refractivity contribution is 5.92. The van der Waals surface area contributed by atoms with Gasteiger partial charge in [0.05, 0.1) is 13.0 Å². The second kappa shape index (κ2) is 18.0. The highest BCUT2D eigenvalue weighted by Gasteiger charge is 2.36. The number of ether oxygens (including phenoxy) is 2. The van der Waals surface area contributed by atoms with Crippen molar-refractivity contribution in [2.24, 2.45) is 0 Å². The van der Waals surface area contributed by atoms with Crippen molar-refractivity contribution in [2.75, 3.05) is 19.7 Å². The molecule has 9 heteroatoms. The summed E-state index contributed by atoms with van der Waals surface area (Å²) in [6, 6.07) is 13.3. The van der Waals surface area contributed by atoms with Gasteiger partial charge in [0.2, 0.25) is 11.8 Å². The molecule has 2 aromatic carbocycles. The molecule has 2 atom stereocenters. The lowest BCUT2D eigenvalue weighted by molar-refractivity contribution is -0.144. The second-order valence-corrected chi connectivity index (χ2v) is 12.2. The molecule has 0 bridgehead atoms. The van der Waals surface area contributed by atoms with Crippen LogP contribution in [0.15, 0.2) is 48.5 Å². The van der Waals surface area contributed by atoms with Gasteiger partial charge in [-0.05, 0) is 59.1 Å². The minimum Gasteiger partial charge on any atom is -0.466 e. The number of esters is 1. The fraction of sp³-hybridized carbons (Fsp3) is 0.543. The summed E-state index contributed by atoms with van der Waals surface area (Å²) in [4.78, 5) is 55.1. The fourth-order valence-electron chi connectivity index (χ4n) is 5.03. The fourth-order valence-corrected chi connectivity index (χ4v) is 5.03. The van der Waals surface area contributed by atoms with Crippen molar-refractivity contribution < 1.29 is 28.7 Å².